The maximum absolute atomic E-state index is 13.3. The first-order chi connectivity index (χ1) is 8.19. The SMILES string of the molecule is Cl.NCc1cnn(CCc2ccc(F)cc2F)c1. The van der Waals surface area contributed by atoms with Crippen molar-refractivity contribution in [2.24, 2.45) is 5.73 Å². The predicted octanol–water partition coefficient (Wildman–Crippen LogP) is 2.28. The molecule has 2 N–H and O–H groups in total. The molecule has 3 nitrogen and oxygen atoms in total. The molecule has 0 aliphatic rings. The standard InChI is InChI=1S/C12H13F2N3.ClH/c13-11-2-1-10(12(14)5-11)3-4-17-8-9(6-15)7-16-17;/h1-2,5,7-8H,3-4,6,15H2;1H. The van der Waals surface area contributed by atoms with Crippen LogP contribution in [0.4, 0.5) is 8.78 Å². The lowest BCUT2D eigenvalue weighted by Crippen LogP contribution is -2.03. The molecule has 0 radical (unpaired) electrons. The highest BCUT2D eigenvalue weighted by Gasteiger charge is 2.04. The molecule has 6 heteroatoms. The van der Waals surface area contributed by atoms with Gasteiger partial charge in [0.05, 0.1) is 6.20 Å². The third kappa shape index (κ3) is 3.51. The smallest absolute Gasteiger partial charge is 0.129 e. The lowest BCUT2D eigenvalue weighted by molar-refractivity contribution is 0.553. The second kappa shape index (κ2) is 6.47. The first kappa shape index (κ1) is 14.6. The molecule has 2 aromatic rings. The molecule has 0 fully saturated rings. The van der Waals surface area contributed by atoms with Crippen LogP contribution in [0.25, 0.3) is 0 Å². The van der Waals surface area contributed by atoms with Gasteiger partial charge in [0.1, 0.15) is 11.6 Å². The fraction of sp³-hybridized carbons (Fsp3) is 0.250. The maximum Gasteiger partial charge on any atom is 0.129 e. The Bertz CT molecular complexity index is 514. The lowest BCUT2D eigenvalue weighted by atomic mass is 10.1. The molecule has 0 aliphatic carbocycles. The van der Waals surface area contributed by atoms with Crippen LogP contribution < -0.4 is 5.73 Å². The Morgan fingerprint density at radius 2 is 2.06 bits per heavy atom. The number of nitrogens with two attached hydrogens (primary N) is 1. The van der Waals surface area contributed by atoms with Crippen LogP contribution >= 0.6 is 12.4 Å². The Balaban J connectivity index is 0.00000162. The Hall–Kier alpha value is -1.46. The first-order valence-electron chi connectivity index (χ1n) is 5.34. The van der Waals surface area contributed by atoms with Gasteiger partial charge in [-0.3, -0.25) is 4.68 Å². The molecule has 2 rings (SSSR count). The zero-order valence-corrected chi connectivity index (χ0v) is 10.5. The van der Waals surface area contributed by atoms with E-state index in [2.05, 4.69) is 5.10 Å². The number of aryl methyl sites for hydroxylation is 2. The minimum Gasteiger partial charge on any atom is -0.326 e. The summed E-state index contributed by atoms with van der Waals surface area (Å²) < 4.78 is 27.7. The molecule has 0 saturated heterocycles. The number of benzene rings is 1. The number of hydrogen-bond donors (Lipinski definition) is 1. The van der Waals surface area contributed by atoms with Crippen LogP contribution in [0.3, 0.4) is 0 Å². The van der Waals surface area contributed by atoms with Crippen molar-refractivity contribution in [2.75, 3.05) is 0 Å². The molecule has 0 amide bonds. The van der Waals surface area contributed by atoms with Gasteiger partial charge in [0.15, 0.2) is 0 Å². The zero-order valence-electron chi connectivity index (χ0n) is 9.64. The van der Waals surface area contributed by atoms with Crippen LogP contribution in [0.1, 0.15) is 11.1 Å². The number of rotatable bonds is 4. The van der Waals surface area contributed by atoms with Crippen LogP contribution in [-0.4, -0.2) is 9.78 Å². The van der Waals surface area contributed by atoms with Gasteiger partial charge < -0.3 is 5.73 Å². The van der Waals surface area contributed by atoms with Crippen LogP contribution in [0.2, 0.25) is 0 Å². The number of aromatic nitrogens is 2. The summed E-state index contributed by atoms with van der Waals surface area (Å²) in [6.45, 7) is 0.980. The molecular weight excluding hydrogens is 260 g/mol. The largest absolute Gasteiger partial charge is 0.326 e. The first-order valence-corrected chi connectivity index (χ1v) is 5.34. The average molecular weight is 274 g/mol. The normalized spacial score (nSPS) is 10.2. The average Bonchev–Trinajstić information content (AvgIpc) is 2.76. The van der Waals surface area contributed by atoms with Crippen molar-refractivity contribution in [3.05, 3.63) is 53.4 Å². The summed E-state index contributed by atoms with van der Waals surface area (Å²) in [5.41, 5.74) is 6.87. The van der Waals surface area contributed by atoms with E-state index in [0.717, 1.165) is 11.6 Å². The topological polar surface area (TPSA) is 43.8 Å². The fourth-order valence-electron chi connectivity index (χ4n) is 1.59. The second-order valence-electron chi connectivity index (χ2n) is 3.80. The van der Waals surface area contributed by atoms with Gasteiger partial charge in [0.25, 0.3) is 0 Å². The predicted molar refractivity (Wildman–Crippen MR) is 67.4 cm³/mol. The molecule has 0 bridgehead atoms. The van der Waals surface area contributed by atoms with Crippen molar-refractivity contribution >= 4 is 12.4 Å². The van der Waals surface area contributed by atoms with Crippen LogP contribution in [0.15, 0.2) is 30.6 Å². The Morgan fingerprint density at radius 1 is 1.28 bits per heavy atom. The Labute approximate surface area is 110 Å². The lowest BCUT2D eigenvalue weighted by Gasteiger charge is -2.03. The number of nitrogens with zero attached hydrogens (tertiary/aromatic N) is 2. The minimum absolute atomic E-state index is 0. The van der Waals surface area contributed by atoms with E-state index in [9.17, 15) is 8.78 Å². The van der Waals surface area contributed by atoms with E-state index in [1.165, 1.54) is 12.1 Å². The summed E-state index contributed by atoms with van der Waals surface area (Å²) in [5.74, 6) is -1.08. The van der Waals surface area contributed by atoms with Gasteiger partial charge in [-0.2, -0.15) is 5.10 Å². The van der Waals surface area contributed by atoms with Gasteiger partial charge >= 0.3 is 0 Å². The Morgan fingerprint density at radius 3 is 2.67 bits per heavy atom. The van der Waals surface area contributed by atoms with Gasteiger partial charge in [-0.1, -0.05) is 6.07 Å². The van der Waals surface area contributed by atoms with Gasteiger partial charge in [-0.05, 0) is 18.1 Å². The number of halogens is 3. The van der Waals surface area contributed by atoms with E-state index in [1.54, 1.807) is 10.9 Å². The van der Waals surface area contributed by atoms with Gasteiger partial charge in [0.2, 0.25) is 0 Å². The van der Waals surface area contributed by atoms with Crippen molar-refractivity contribution < 1.29 is 8.78 Å². The monoisotopic (exact) mass is 273 g/mol. The molecule has 0 spiro atoms. The third-order valence-electron chi connectivity index (χ3n) is 2.55. The summed E-state index contributed by atoms with van der Waals surface area (Å²) in [7, 11) is 0. The van der Waals surface area contributed by atoms with Gasteiger partial charge in [-0.25, -0.2) is 8.78 Å². The highest BCUT2D eigenvalue weighted by Crippen LogP contribution is 2.11. The highest BCUT2D eigenvalue weighted by molar-refractivity contribution is 5.85. The van der Waals surface area contributed by atoms with E-state index in [1.807, 2.05) is 6.20 Å². The maximum atomic E-state index is 13.3. The van der Waals surface area contributed by atoms with E-state index < -0.39 is 11.6 Å². The molecule has 18 heavy (non-hydrogen) atoms. The molecular formula is C12H14ClF2N3. The highest BCUT2D eigenvalue weighted by atomic mass is 35.5. The molecule has 0 aliphatic heterocycles. The van der Waals surface area contributed by atoms with E-state index in [-0.39, 0.29) is 12.4 Å². The van der Waals surface area contributed by atoms with Crippen LogP contribution in [-0.2, 0) is 19.5 Å². The summed E-state index contributed by atoms with van der Waals surface area (Å²) >= 11 is 0. The molecule has 0 atom stereocenters. The van der Waals surface area contributed by atoms with Crippen molar-refractivity contribution in [2.45, 2.75) is 19.5 Å². The van der Waals surface area contributed by atoms with E-state index in [4.69, 9.17) is 5.73 Å². The van der Waals surface area contributed by atoms with Crippen molar-refractivity contribution in [1.29, 1.82) is 0 Å². The van der Waals surface area contributed by atoms with Gasteiger partial charge in [-0.15, -0.1) is 12.4 Å². The summed E-state index contributed by atoms with van der Waals surface area (Å²) in [6.07, 6.45) is 3.97. The molecule has 1 heterocycles. The van der Waals surface area contributed by atoms with Crippen molar-refractivity contribution in [3.63, 3.8) is 0 Å². The third-order valence-corrected chi connectivity index (χ3v) is 2.55. The van der Waals surface area contributed by atoms with Crippen molar-refractivity contribution in [3.8, 4) is 0 Å². The van der Waals surface area contributed by atoms with Gasteiger partial charge in [0, 0.05) is 30.9 Å². The van der Waals surface area contributed by atoms with Crippen LogP contribution in [0.5, 0.6) is 0 Å². The molecule has 1 aromatic carbocycles. The summed E-state index contributed by atoms with van der Waals surface area (Å²) in [4.78, 5) is 0. The molecule has 0 unspecified atom stereocenters. The summed E-state index contributed by atoms with van der Waals surface area (Å²) in [6, 6.07) is 3.61. The van der Waals surface area contributed by atoms with E-state index >= 15 is 0 Å². The molecule has 98 valence electrons. The fourth-order valence-corrected chi connectivity index (χ4v) is 1.59. The quantitative estimate of drug-likeness (QED) is 0.929. The van der Waals surface area contributed by atoms with E-state index in [0.29, 0.717) is 25.1 Å². The van der Waals surface area contributed by atoms with Crippen LogP contribution in [0, 0.1) is 11.6 Å². The Kier molecular flexibility index (Phi) is 5.25. The minimum atomic E-state index is -0.559. The van der Waals surface area contributed by atoms with Crippen molar-refractivity contribution in [1.82, 2.24) is 9.78 Å². The second-order valence-corrected chi connectivity index (χ2v) is 3.80. The molecule has 1 aromatic heterocycles. The molecule has 0 saturated carbocycles. The number of hydrogen-bond acceptors (Lipinski definition) is 2. The zero-order chi connectivity index (χ0) is 12.3. The summed E-state index contributed by atoms with van der Waals surface area (Å²) in [5, 5.41) is 4.09.